The van der Waals surface area contributed by atoms with Gasteiger partial charge < -0.3 is 15.5 Å². The van der Waals surface area contributed by atoms with E-state index in [0.717, 1.165) is 35.9 Å². The summed E-state index contributed by atoms with van der Waals surface area (Å²) in [6, 6.07) is 5.71. The molecule has 0 atom stereocenters. The molecule has 0 amide bonds. The summed E-state index contributed by atoms with van der Waals surface area (Å²) < 4.78 is 13.6. The molecule has 0 spiro atoms. The summed E-state index contributed by atoms with van der Waals surface area (Å²) in [5.41, 5.74) is 7.84. The highest BCUT2D eigenvalue weighted by Crippen LogP contribution is 2.41. The van der Waals surface area contributed by atoms with Crippen molar-refractivity contribution in [1.82, 2.24) is 4.98 Å². The van der Waals surface area contributed by atoms with Crippen LogP contribution in [-0.2, 0) is 6.54 Å². The van der Waals surface area contributed by atoms with E-state index in [9.17, 15) is 4.39 Å². The second kappa shape index (κ2) is 5.93. The molecule has 1 aromatic carbocycles. The number of benzene rings is 1. The van der Waals surface area contributed by atoms with Gasteiger partial charge in [-0.15, -0.1) is 23.7 Å². The van der Waals surface area contributed by atoms with E-state index in [2.05, 4.69) is 14.8 Å². The molecular formula is C15H18ClFN4S. The van der Waals surface area contributed by atoms with Crippen LogP contribution in [0.3, 0.4) is 0 Å². The molecule has 1 aliphatic heterocycles. The maximum atomic E-state index is 13.6. The number of rotatable bonds is 3. The van der Waals surface area contributed by atoms with Gasteiger partial charge in [0.1, 0.15) is 5.82 Å². The van der Waals surface area contributed by atoms with Gasteiger partial charge in [-0.2, -0.15) is 0 Å². The van der Waals surface area contributed by atoms with Gasteiger partial charge in [-0.05, 0) is 31.0 Å². The summed E-state index contributed by atoms with van der Waals surface area (Å²) >= 11 is 1.52. The highest BCUT2D eigenvalue weighted by Gasteiger charge is 2.34. The Morgan fingerprint density at radius 1 is 1.27 bits per heavy atom. The number of anilines is 3. The normalized spacial score (nSPS) is 17.1. The lowest BCUT2D eigenvalue weighted by Crippen LogP contribution is -2.41. The Labute approximate surface area is 139 Å². The van der Waals surface area contributed by atoms with Crippen LogP contribution in [0, 0.1) is 5.82 Å². The Morgan fingerprint density at radius 2 is 2.09 bits per heavy atom. The molecule has 0 unspecified atom stereocenters. The molecule has 1 aliphatic carbocycles. The van der Waals surface area contributed by atoms with E-state index < -0.39 is 0 Å². The second-order valence-electron chi connectivity index (χ2n) is 5.64. The van der Waals surface area contributed by atoms with Gasteiger partial charge in [0.15, 0.2) is 5.13 Å². The van der Waals surface area contributed by atoms with E-state index in [-0.39, 0.29) is 18.2 Å². The van der Waals surface area contributed by atoms with Crippen molar-refractivity contribution in [3.8, 4) is 0 Å². The fourth-order valence-corrected chi connectivity index (χ4v) is 3.68. The molecule has 7 heteroatoms. The van der Waals surface area contributed by atoms with Crippen molar-refractivity contribution in [3.63, 3.8) is 0 Å². The van der Waals surface area contributed by atoms with Crippen molar-refractivity contribution in [2.45, 2.75) is 25.4 Å². The molecule has 4 rings (SSSR count). The van der Waals surface area contributed by atoms with E-state index in [1.165, 1.54) is 24.2 Å². The van der Waals surface area contributed by atoms with E-state index in [0.29, 0.717) is 11.2 Å². The molecule has 0 radical (unpaired) electrons. The van der Waals surface area contributed by atoms with Gasteiger partial charge in [0.25, 0.3) is 0 Å². The first-order valence-electron chi connectivity index (χ1n) is 7.22. The zero-order valence-electron chi connectivity index (χ0n) is 12.0. The van der Waals surface area contributed by atoms with Crippen molar-refractivity contribution in [2.75, 3.05) is 28.6 Å². The Kier molecular flexibility index (Phi) is 4.14. The minimum Gasteiger partial charge on any atom is -0.375 e. The summed E-state index contributed by atoms with van der Waals surface area (Å²) in [5, 5.41) is 0.598. The van der Waals surface area contributed by atoms with Gasteiger partial charge in [-0.3, -0.25) is 0 Å². The Hall–Kier alpha value is -1.53. The van der Waals surface area contributed by atoms with Crippen LogP contribution < -0.4 is 15.5 Å². The third-order valence-corrected chi connectivity index (χ3v) is 4.92. The fourth-order valence-electron chi connectivity index (χ4n) is 2.98. The quantitative estimate of drug-likeness (QED) is 0.931. The average Bonchev–Trinajstić information content (AvgIpc) is 3.22. The molecule has 1 saturated carbocycles. The number of hydrogen-bond donors (Lipinski definition) is 1. The second-order valence-corrected chi connectivity index (χ2v) is 6.79. The summed E-state index contributed by atoms with van der Waals surface area (Å²) in [6.07, 6.45) is 4.28. The molecule has 2 aliphatic rings. The predicted octanol–water partition coefficient (Wildman–Crippen LogP) is 3.28. The molecule has 2 aromatic rings. The first kappa shape index (κ1) is 15.4. The first-order chi connectivity index (χ1) is 10.2. The van der Waals surface area contributed by atoms with Crippen LogP contribution in [-0.4, -0.2) is 24.1 Å². The van der Waals surface area contributed by atoms with Crippen molar-refractivity contribution >= 4 is 40.3 Å². The molecule has 2 heterocycles. The van der Waals surface area contributed by atoms with Crippen molar-refractivity contribution in [1.29, 1.82) is 0 Å². The minimum atomic E-state index is -0.164. The third-order valence-electron chi connectivity index (χ3n) is 4.10. The number of fused-ring (bicyclic) bond motifs is 1. The van der Waals surface area contributed by atoms with Gasteiger partial charge in [0, 0.05) is 30.2 Å². The summed E-state index contributed by atoms with van der Waals surface area (Å²) in [6.45, 7) is 2.69. The molecule has 0 bridgehead atoms. The van der Waals surface area contributed by atoms with Crippen molar-refractivity contribution in [2.24, 2.45) is 0 Å². The maximum absolute atomic E-state index is 13.6. The Bertz CT molecular complexity index is 673. The smallest absolute Gasteiger partial charge is 0.180 e. The standard InChI is InChI=1S/C15H17FN4S.ClH/c16-10-1-4-13-14(7-10)20(11-2-3-11)6-5-19(13)9-12-8-18-15(17)21-12;/h1,4,7-8,11H,2-3,5-6,9H2,(H2,17,18);1H. The van der Waals surface area contributed by atoms with E-state index in [1.54, 1.807) is 12.1 Å². The first-order valence-corrected chi connectivity index (χ1v) is 8.04. The summed E-state index contributed by atoms with van der Waals surface area (Å²) in [4.78, 5) is 9.90. The van der Waals surface area contributed by atoms with Crippen LogP contribution in [0.5, 0.6) is 0 Å². The molecular weight excluding hydrogens is 323 g/mol. The minimum absolute atomic E-state index is 0. The van der Waals surface area contributed by atoms with Crippen LogP contribution in [0.1, 0.15) is 17.7 Å². The Morgan fingerprint density at radius 3 is 2.77 bits per heavy atom. The van der Waals surface area contributed by atoms with Crippen LogP contribution in [0.15, 0.2) is 24.4 Å². The molecule has 1 fully saturated rings. The molecule has 118 valence electrons. The molecule has 1 aromatic heterocycles. The number of hydrogen-bond acceptors (Lipinski definition) is 5. The van der Waals surface area contributed by atoms with Gasteiger partial charge in [-0.25, -0.2) is 9.37 Å². The average molecular weight is 341 g/mol. The fraction of sp³-hybridized carbons (Fsp3) is 0.400. The van der Waals surface area contributed by atoms with Gasteiger partial charge >= 0.3 is 0 Å². The number of nitrogens with zero attached hydrogens (tertiary/aromatic N) is 3. The van der Waals surface area contributed by atoms with E-state index in [4.69, 9.17) is 5.73 Å². The van der Waals surface area contributed by atoms with E-state index in [1.807, 2.05) is 12.3 Å². The maximum Gasteiger partial charge on any atom is 0.180 e. The predicted molar refractivity (Wildman–Crippen MR) is 91.6 cm³/mol. The van der Waals surface area contributed by atoms with Crippen LogP contribution in [0.25, 0.3) is 0 Å². The van der Waals surface area contributed by atoms with Gasteiger partial charge in [0.2, 0.25) is 0 Å². The number of nitrogens with two attached hydrogens (primary N) is 1. The van der Waals surface area contributed by atoms with Gasteiger partial charge in [-0.1, -0.05) is 0 Å². The zero-order valence-corrected chi connectivity index (χ0v) is 13.7. The lowest BCUT2D eigenvalue weighted by molar-refractivity contribution is 0.621. The summed E-state index contributed by atoms with van der Waals surface area (Å²) in [5.74, 6) is -0.164. The highest BCUT2D eigenvalue weighted by atomic mass is 35.5. The third kappa shape index (κ3) is 2.85. The lowest BCUT2D eigenvalue weighted by Gasteiger charge is -2.39. The Balaban J connectivity index is 0.00000144. The molecule has 2 N–H and O–H groups in total. The molecule has 22 heavy (non-hydrogen) atoms. The molecule has 4 nitrogen and oxygen atoms in total. The number of aromatic nitrogens is 1. The topological polar surface area (TPSA) is 45.4 Å². The van der Waals surface area contributed by atoms with Crippen LogP contribution in [0.4, 0.5) is 20.9 Å². The SMILES string of the molecule is Cl.Nc1ncc(CN2CCN(C3CC3)c3cc(F)ccc32)s1. The zero-order chi connectivity index (χ0) is 14.4. The number of thiazole rings is 1. The van der Waals surface area contributed by atoms with Crippen molar-refractivity contribution < 1.29 is 4.39 Å². The molecule has 0 saturated heterocycles. The van der Waals surface area contributed by atoms with Crippen molar-refractivity contribution in [3.05, 3.63) is 35.1 Å². The van der Waals surface area contributed by atoms with Gasteiger partial charge in [0.05, 0.1) is 17.9 Å². The largest absolute Gasteiger partial charge is 0.375 e. The number of nitrogen functional groups attached to an aromatic ring is 1. The van der Waals surface area contributed by atoms with E-state index >= 15 is 0 Å². The highest BCUT2D eigenvalue weighted by molar-refractivity contribution is 7.15. The van der Waals surface area contributed by atoms with Crippen LogP contribution >= 0.6 is 23.7 Å². The van der Waals surface area contributed by atoms with Crippen LogP contribution in [0.2, 0.25) is 0 Å². The summed E-state index contributed by atoms with van der Waals surface area (Å²) in [7, 11) is 0. The monoisotopic (exact) mass is 340 g/mol. The number of halogens is 2. The lowest BCUT2D eigenvalue weighted by atomic mass is 10.1.